The third-order valence-corrected chi connectivity index (χ3v) is 3.39. The largest absolute Gasteiger partial charge is 0.435 e. The van der Waals surface area contributed by atoms with E-state index in [9.17, 15) is 13.6 Å². The molecule has 0 aliphatic rings. The smallest absolute Gasteiger partial charge is 0.387 e. The lowest BCUT2D eigenvalue weighted by Crippen LogP contribution is -2.29. The molecule has 0 unspecified atom stereocenters. The molecule has 0 saturated heterocycles. The highest BCUT2D eigenvalue weighted by atomic mass is 35.5. The van der Waals surface area contributed by atoms with E-state index in [1.54, 1.807) is 43.4 Å². The average Bonchev–Trinajstić information content (AvgIpc) is 2.51. The van der Waals surface area contributed by atoms with E-state index in [0.29, 0.717) is 17.3 Å². The van der Waals surface area contributed by atoms with Gasteiger partial charge < -0.3 is 10.1 Å². The fraction of sp³-hybridized carbons (Fsp3) is 0.235. The number of carbonyl (C=O) groups is 1. The van der Waals surface area contributed by atoms with Gasteiger partial charge in [0.1, 0.15) is 5.75 Å². The van der Waals surface area contributed by atoms with Crippen LogP contribution in [0.25, 0.3) is 0 Å². The summed E-state index contributed by atoms with van der Waals surface area (Å²) in [6.07, 6.45) is 0. The van der Waals surface area contributed by atoms with Crippen molar-refractivity contribution in [1.29, 1.82) is 0 Å². The molecule has 7 heteroatoms. The van der Waals surface area contributed by atoms with Crippen LogP contribution in [0.3, 0.4) is 0 Å². The number of hydrogen-bond donors (Lipinski definition) is 1. The van der Waals surface area contributed by atoms with E-state index in [1.807, 2.05) is 4.90 Å². The summed E-state index contributed by atoms with van der Waals surface area (Å²) in [5.41, 5.74) is 1.56. The van der Waals surface area contributed by atoms with Gasteiger partial charge >= 0.3 is 6.61 Å². The van der Waals surface area contributed by atoms with E-state index in [0.717, 1.165) is 5.56 Å². The van der Waals surface area contributed by atoms with Gasteiger partial charge in [0.05, 0.1) is 6.54 Å². The van der Waals surface area contributed by atoms with Crippen LogP contribution in [0, 0.1) is 0 Å². The fourth-order valence-corrected chi connectivity index (χ4v) is 2.25. The molecule has 2 aromatic carbocycles. The Balaban J connectivity index is 1.82. The van der Waals surface area contributed by atoms with Crippen LogP contribution in [-0.2, 0) is 11.3 Å². The maximum absolute atomic E-state index is 12.1. The van der Waals surface area contributed by atoms with Crippen LogP contribution in [0.2, 0.25) is 5.02 Å². The molecule has 1 N–H and O–H groups in total. The number of nitrogens with one attached hydrogen (secondary N) is 1. The lowest BCUT2D eigenvalue weighted by molar-refractivity contribution is -0.117. The van der Waals surface area contributed by atoms with Crippen LogP contribution >= 0.6 is 11.6 Å². The van der Waals surface area contributed by atoms with Gasteiger partial charge in [-0.3, -0.25) is 9.69 Å². The molecular formula is C17H17ClF2N2O2. The SMILES string of the molecule is CN(CC(=O)Nc1ccc(Cl)cc1)Cc1ccc(OC(F)F)cc1. The van der Waals surface area contributed by atoms with Crippen LogP contribution < -0.4 is 10.1 Å². The number of ether oxygens (including phenoxy) is 1. The molecule has 0 saturated carbocycles. The maximum atomic E-state index is 12.1. The minimum atomic E-state index is -2.84. The molecule has 2 rings (SSSR count). The zero-order chi connectivity index (χ0) is 17.5. The predicted octanol–water partition coefficient (Wildman–Crippen LogP) is 4.01. The quantitative estimate of drug-likeness (QED) is 0.816. The Morgan fingerprint density at radius 2 is 1.79 bits per heavy atom. The lowest BCUT2D eigenvalue weighted by Gasteiger charge is -2.16. The van der Waals surface area contributed by atoms with Crippen molar-refractivity contribution in [3.63, 3.8) is 0 Å². The Hall–Kier alpha value is -2.18. The Morgan fingerprint density at radius 1 is 1.17 bits per heavy atom. The van der Waals surface area contributed by atoms with E-state index in [1.165, 1.54) is 12.1 Å². The summed E-state index contributed by atoms with van der Waals surface area (Å²) in [5.74, 6) is -0.0469. The van der Waals surface area contributed by atoms with Crippen LogP contribution in [0.4, 0.5) is 14.5 Å². The summed E-state index contributed by atoms with van der Waals surface area (Å²) >= 11 is 5.79. The van der Waals surface area contributed by atoms with Crippen molar-refractivity contribution < 1.29 is 18.3 Å². The number of rotatable bonds is 7. The van der Waals surface area contributed by atoms with Crippen molar-refractivity contribution >= 4 is 23.2 Å². The topological polar surface area (TPSA) is 41.6 Å². The molecule has 24 heavy (non-hydrogen) atoms. The van der Waals surface area contributed by atoms with E-state index in [4.69, 9.17) is 11.6 Å². The second-order valence-electron chi connectivity index (χ2n) is 5.25. The number of likely N-dealkylation sites (N-methyl/N-ethyl adjacent to an activating group) is 1. The van der Waals surface area contributed by atoms with E-state index in [-0.39, 0.29) is 18.2 Å². The molecule has 0 aliphatic heterocycles. The van der Waals surface area contributed by atoms with Gasteiger partial charge in [0.15, 0.2) is 0 Å². The standard InChI is InChI=1S/C17H17ClF2N2O2/c1-22(10-12-2-8-15(9-3-12)24-17(19)20)11-16(23)21-14-6-4-13(18)5-7-14/h2-9,17H,10-11H2,1H3,(H,21,23). The normalized spacial score (nSPS) is 10.9. The highest BCUT2D eigenvalue weighted by molar-refractivity contribution is 6.30. The molecule has 0 bridgehead atoms. The number of halogens is 3. The van der Waals surface area contributed by atoms with Gasteiger partial charge in [0.25, 0.3) is 0 Å². The van der Waals surface area contributed by atoms with Gasteiger partial charge in [0, 0.05) is 17.3 Å². The fourth-order valence-electron chi connectivity index (χ4n) is 2.12. The minimum Gasteiger partial charge on any atom is -0.435 e. The Morgan fingerprint density at radius 3 is 2.38 bits per heavy atom. The molecule has 0 radical (unpaired) electrons. The first kappa shape index (κ1) is 18.2. The van der Waals surface area contributed by atoms with Gasteiger partial charge in [-0.25, -0.2) is 0 Å². The molecule has 128 valence electrons. The zero-order valence-corrected chi connectivity index (χ0v) is 13.8. The van der Waals surface area contributed by atoms with Crippen LogP contribution in [0.1, 0.15) is 5.56 Å². The van der Waals surface area contributed by atoms with Gasteiger partial charge in [0.2, 0.25) is 5.91 Å². The first-order valence-corrected chi connectivity index (χ1v) is 7.58. The molecule has 0 atom stereocenters. The summed E-state index contributed by atoms with van der Waals surface area (Å²) in [4.78, 5) is 13.8. The second-order valence-corrected chi connectivity index (χ2v) is 5.69. The first-order valence-electron chi connectivity index (χ1n) is 7.20. The number of carbonyl (C=O) groups excluding carboxylic acids is 1. The van der Waals surface area contributed by atoms with Crippen molar-refractivity contribution in [1.82, 2.24) is 4.90 Å². The Bertz CT molecular complexity index is 663. The highest BCUT2D eigenvalue weighted by Crippen LogP contribution is 2.16. The third-order valence-electron chi connectivity index (χ3n) is 3.14. The molecule has 0 heterocycles. The van der Waals surface area contributed by atoms with Crippen molar-refractivity contribution in [2.75, 3.05) is 18.9 Å². The van der Waals surface area contributed by atoms with Crippen LogP contribution in [0.15, 0.2) is 48.5 Å². The first-order chi connectivity index (χ1) is 11.4. The second kappa shape index (κ2) is 8.61. The van der Waals surface area contributed by atoms with Crippen LogP contribution in [-0.4, -0.2) is 31.0 Å². The summed E-state index contributed by atoms with van der Waals surface area (Å²) in [5, 5.41) is 3.38. The maximum Gasteiger partial charge on any atom is 0.387 e. The van der Waals surface area contributed by atoms with E-state index >= 15 is 0 Å². The number of anilines is 1. The minimum absolute atomic E-state index is 0.108. The summed E-state index contributed by atoms with van der Waals surface area (Å²) in [6.45, 7) is -2.14. The van der Waals surface area contributed by atoms with Gasteiger partial charge in [-0.1, -0.05) is 23.7 Å². The number of alkyl halides is 2. The van der Waals surface area contributed by atoms with Gasteiger partial charge in [-0.2, -0.15) is 8.78 Å². The summed E-state index contributed by atoms with van der Waals surface area (Å²) in [6, 6.07) is 13.2. The van der Waals surface area contributed by atoms with E-state index < -0.39 is 6.61 Å². The highest BCUT2D eigenvalue weighted by Gasteiger charge is 2.09. The molecule has 1 amide bonds. The molecular weight excluding hydrogens is 338 g/mol. The third kappa shape index (κ3) is 6.14. The van der Waals surface area contributed by atoms with Crippen molar-refractivity contribution in [2.45, 2.75) is 13.2 Å². The molecule has 2 aromatic rings. The molecule has 0 spiro atoms. The number of amides is 1. The lowest BCUT2D eigenvalue weighted by atomic mass is 10.2. The zero-order valence-electron chi connectivity index (χ0n) is 13.0. The summed E-state index contributed by atoms with van der Waals surface area (Å²) < 4.78 is 28.5. The summed E-state index contributed by atoms with van der Waals surface area (Å²) in [7, 11) is 1.80. The van der Waals surface area contributed by atoms with Gasteiger partial charge in [-0.15, -0.1) is 0 Å². The predicted molar refractivity (Wildman–Crippen MR) is 89.5 cm³/mol. The number of hydrogen-bond acceptors (Lipinski definition) is 3. The number of benzene rings is 2. The monoisotopic (exact) mass is 354 g/mol. The average molecular weight is 355 g/mol. The molecule has 4 nitrogen and oxygen atoms in total. The number of nitrogens with zero attached hydrogens (tertiary/aromatic N) is 1. The molecule has 0 aromatic heterocycles. The van der Waals surface area contributed by atoms with Crippen molar-refractivity contribution in [3.8, 4) is 5.75 Å². The van der Waals surface area contributed by atoms with Crippen molar-refractivity contribution in [3.05, 3.63) is 59.1 Å². The Kier molecular flexibility index (Phi) is 6.52. The van der Waals surface area contributed by atoms with Crippen molar-refractivity contribution in [2.24, 2.45) is 0 Å². The Labute approximate surface area is 144 Å². The van der Waals surface area contributed by atoms with E-state index in [2.05, 4.69) is 10.1 Å². The molecule has 0 aliphatic carbocycles. The molecule has 0 fully saturated rings. The van der Waals surface area contributed by atoms with Crippen LogP contribution in [0.5, 0.6) is 5.75 Å². The van der Waals surface area contributed by atoms with Gasteiger partial charge in [-0.05, 0) is 49.0 Å².